The van der Waals surface area contributed by atoms with Gasteiger partial charge in [0.15, 0.2) is 0 Å². The molecule has 23 heavy (non-hydrogen) atoms. The SMILES string of the molecule is Cc1cc(Br)ccc1Nc1ccnc(Nc2ccccc2F)n1. The van der Waals surface area contributed by atoms with E-state index in [1.807, 2.05) is 25.1 Å². The highest BCUT2D eigenvalue weighted by Gasteiger charge is 2.05. The van der Waals surface area contributed by atoms with Gasteiger partial charge in [-0.15, -0.1) is 0 Å². The molecule has 0 saturated heterocycles. The second kappa shape index (κ2) is 6.75. The molecular weight excluding hydrogens is 359 g/mol. The zero-order valence-corrected chi connectivity index (χ0v) is 13.9. The minimum atomic E-state index is -0.349. The number of aryl methyl sites for hydroxylation is 1. The second-order valence-corrected chi connectivity index (χ2v) is 5.87. The summed E-state index contributed by atoms with van der Waals surface area (Å²) in [4.78, 5) is 8.47. The van der Waals surface area contributed by atoms with Crippen LogP contribution >= 0.6 is 15.9 Å². The number of nitrogens with zero attached hydrogens (tertiary/aromatic N) is 2. The molecule has 2 aromatic carbocycles. The van der Waals surface area contributed by atoms with Crippen molar-refractivity contribution >= 4 is 39.1 Å². The highest BCUT2D eigenvalue weighted by atomic mass is 79.9. The van der Waals surface area contributed by atoms with Crippen LogP contribution in [0.25, 0.3) is 0 Å². The molecule has 0 atom stereocenters. The Bertz CT molecular complexity index is 838. The summed E-state index contributed by atoms with van der Waals surface area (Å²) in [5, 5.41) is 6.11. The van der Waals surface area contributed by atoms with Gasteiger partial charge in [-0.1, -0.05) is 28.1 Å². The van der Waals surface area contributed by atoms with Gasteiger partial charge < -0.3 is 10.6 Å². The number of benzene rings is 2. The molecule has 0 unspecified atom stereocenters. The van der Waals surface area contributed by atoms with Gasteiger partial charge in [-0.05, 0) is 48.9 Å². The molecule has 3 aromatic rings. The van der Waals surface area contributed by atoms with E-state index in [1.165, 1.54) is 6.07 Å². The van der Waals surface area contributed by atoms with Gasteiger partial charge in [-0.25, -0.2) is 9.37 Å². The third-order valence-electron chi connectivity index (χ3n) is 3.23. The van der Waals surface area contributed by atoms with Gasteiger partial charge in [-0.3, -0.25) is 0 Å². The highest BCUT2D eigenvalue weighted by molar-refractivity contribution is 9.10. The van der Waals surface area contributed by atoms with Gasteiger partial charge in [-0.2, -0.15) is 4.98 Å². The Hall–Kier alpha value is -2.47. The second-order valence-electron chi connectivity index (χ2n) is 4.95. The molecule has 2 N–H and O–H groups in total. The summed E-state index contributed by atoms with van der Waals surface area (Å²) in [6, 6.07) is 14.1. The van der Waals surface area contributed by atoms with E-state index in [1.54, 1.807) is 30.5 Å². The molecule has 0 amide bonds. The van der Waals surface area contributed by atoms with Crippen molar-refractivity contribution in [1.29, 1.82) is 0 Å². The van der Waals surface area contributed by atoms with E-state index in [4.69, 9.17) is 0 Å². The predicted molar refractivity (Wildman–Crippen MR) is 93.9 cm³/mol. The van der Waals surface area contributed by atoms with Crippen LogP contribution in [0.1, 0.15) is 5.56 Å². The fraction of sp³-hybridized carbons (Fsp3) is 0.0588. The molecule has 0 aliphatic carbocycles. The molecule has 0 aliphatic heterocycles. The Balaban J connectivity index is 1.81. The van der Waals surface area contributed by atoms with Crippen molar-refractivity contribution in [3.63, 3.8) is 0 Å². The highest BCUT2D eigenvalue weighted by Crippen LogP contribution is 2.24. The predicted octanol–water partition coefficient (Wildman–Crippen LogP) is 5.17. The standard InChI is InChI=1S/C17H14BrFN4/c1-11-10-12(18)6-7-14(11)21-16-8-9-20-17(23-16)22-15-5-3-2-4-13(15)19/h2-10H,1H3,(H2,20,21,22,23). The van der Waals surface area contributed by atoms with Gasteiger partial charge in [0.1, 0.15) is 11.6 Å². The van der Waals surface area contributed by atoms with Crippen molar-refractivity contribution in [3.05, 3.63) is 70.6 Å². The molecule has 0 aliphatic rings. The number of para-hydroxylation sites is 1. The van der Waals surface area contributed by atoms with Crippen LogP contribution in [0, 0.1) is 12.7 Å². The average molecular weight is 373 g/mol. The lowest BCUT2D eigenvalue weighted by Crippen LogP contribution is -2.02. The monoisotopic (exact) mass is 372 g/mol. The minimum Gasteiger partial charge on any atom is -0.340 e. The van der Waals surface area contributed by atoms with Crippen molar-refractivity contribution in [3.8, 4) is 0 Å². The topological polar surface area (TPSA) is 49.8 Å². The van der Waals surface area contributed by atoms with Crippen LogP contribution in [0.5, 0.6) is 0 Å². The quantitative estimate of drug-likeness (QED) is 0.662. The van der Waals surface area contributed by atoms with Crippen molar-refractivity contribution in [2.24, 2.45) is 0 Å². The maximum Gasteiger partial charge on any atom is 0.229 e. The lowest BCUT2D eigenvalue weighted by Gasteiger charge is -2.11. The molecule has 0 fully saturated rings. The Morgan fingerprint density at radius 3 is 2.61 bits per heavy atom. The maximum absolute atomic E-state index is 13.7. The van der Waals surface area contributed by atoms with E-state index in [9.17, 15) is 4.39 Å². The first-order chi connectivity index (χ1) is 11.1. The van der Waals surface area contributed by atoms with E-state index in [2.05, 4.69) is 36.5 Å². The van der Waals surface area contributed by atoms with Gasteiger partial charge in [0.2, 0.25) is 5.95 Å². The van der Waals surface area contributed by atoms with E-state index < -0.39 is 0 Å². The average Bonchev–Trinajstić information content (AvgIpc) is 2.53. The molecule has 6 heteroatoms. The van der Waals surface area contributed by atoms with E-state index >= 15 is 0 Å². The van der Waals surface area contributed by atoms with Gasteiger partial charge >= 0.3 is 0 Å². The van der Waals surface area contributed by atoms with Crippen molar-refractivity contribution in [1.82, 2.24) is 9.97 Å². The first kappa shape index (κ1) is 15.4. The zero-order chi connectivity index (χ0) is 16.2. The third-order valence-corrected chi connectivity index (χ3v) is 3.72. The summed E-state index contributed by atoms with van der Waals surface area (Å²) in [6.07, 6.45) is 1.62. The molecule has 116 valence electrons. The summed E-state index contributed by atoms with van der Waals surface area (Å²) in [5.41, 5.74) is 2.37. The van der Waals surface area contributed by atoms with E-state index in [-0.39, 0.29) is 5.82 Å². The molecule has 0 spiro atoms. The van der Waals surface area contributed by atoms with Crippen molar-refractivity contribution < 1.29 is 4.39 Å². The van der Waals surface area contributed by atoms with Crippen LogP contribution in [0.2, 0.25) is 0 Å². The van der Waals surface area contributed by atoms with Crippen LogP contribution in [0.15, 0.2) is 59.2 Å². The summed E-state index contributed by atoms with van der Waals surface area (Å²) in [7, 11) is 0. The first-order valence-corrected chi connectivity index (χ1v) is 7.79. The van der Waals surface area contributed by atoms with Gasteiger partial charge in [0.25, 0.3) is 0 Å². The van der Waals surface area contributed by atoms with Crippen LogP contribution in [0.4, 0.5) is 27.5 Å². The molecule has 1 aromatic heterocycles. The number of nitrogens with one attached hydrogen (secondary N) is 2. The molecule has 0 radical (unpaired) electrons. The molecule has 0 bridgehead atoms. The molecule has 1 heterocycles. The van der Waals surface area contributed by atoms with Crippen LogP contribution in [-0.2, 0) is 0 Å². The van der Waals surface area contributed by atoms with Crippen molar-refractivity contribution in [2.75, 3.05) is 10.6 Å². The van der Waals surface area contributed by atoms with Crippen LogP contribution < -0.4 is 10.6 Å². The number of halogens is 2. The number of hydrogen-bond acceptors (Lipinski definition) is 4. The largest absolute Gasteiger partial charge is 0.340 e. The van der Waals surface area contributed by atoms with Gasteiger partial charge in [0.05, 0.1) is 5.69 Å². The summed E-state index contributed by atoms with van der Waals surface area (Å²) >= 11 is 3.44. The molecular formula is C17H14BrFN4. The Morgan fingerprint density at radius 1 is 1.00 bits per heavy atom. The number of anilines is 4. The normalized spacial score (nSPS) is 10.4. The number of rotatable bonds is 4. The van der Waals surface area contributed by atoms with E-state index in [0.717, 1.165) is 15.7 Å². The Kier molecular flexibility index (Phi) is 4.52. The fourth-order valence-corrected chi connectivity index (χ4v) is 2.55. The van der Waals surface area contributed by atoms with Gasteiger partial charge in [0, 0.05) is 16.4 Å². The molecule has 3 rings (SSSR count). The first-order valence-electron chi connectivity index (χ1n) is 6.99. The maximum atomic E-state index is 13.7. The number of aromatic nitrogens is 2. The van der Waals surface area contributed by atoms with Crippen LogP contribution in [0.3, 0.4) is 0 Å². The third kappa shape index (κ3) is 3.84. The Morgan fingerprint density at radius 2 is 1.83 bits per heavy atom. The molecule has 4 nitrogen and oxygen atoms in total. The lowest BCUT2D eigenvalue weighted by molar-refractivity contribution is 0.631. The van der Waals surface area contributed by atoms with E-state index in [0.29, 0.717) is 17.5 Å². The summed E-state index contributed by atoms with van der Waals surface area (Å²) < 4.78 is 14.7. The summed E-state index contributed by atoms with van der Waals surface area (Å²) in [5.74, 6) is 0.609. The lowest BCUT2D eigenvalue weighted by atomic mass is 10.2. The molecule has 0 saturated carbocycles. The smallest absolute Gasteiger partial charge is 0.229 e. The van der Waals surface area contributed by atoms with Crippen LogP contribution in [-0.4, -0.2) is 9.97 Å². The Labute approximate surface area is 141 Å². The van der Waals surface area contributed by atoms with Crippen molar-refractivity contribution in [2.45, 2.75) is 6.92 Å². The zero-order valence-electron chi connectivity index (χ0n) is 12.3. The summed E-state index contributed by atoms with van der Waals surface area (Å²) in [6.45, 7) is 2.01. The fourth-order valence-electron chi connectivity index (χ4n) is 2.08. The number of hydrogen-bond donors (Lipinski definition) is 2. The minimum absolute atomic E-state index is 0.329.